The fourth-order valence-electron chi connectivity index (χ4n) is 2.96. The van der Waals surface area contributed by atoms with Gasteiger partial charge in [-0.2, -0.15) is 5.10 Å². The summed E-state index contributed by atoms with van der Waals surface area (Å²) in [4.78, 5) is 12.7. The maximum absolute atomic E-state index is 13.1. The Morgan fingerprint density at radius 2 is 1.79 bits per heavy atom. The normalized spacial score (nSPS) is 11.8. The highest BCUT2D eigenvalue weighted by molar-refractivity contribution is 5.95. The van der Waals surface area contributed by atoms with Gasteiger partial charge in [-0.05, 0) is 55.8 Å². The lowest BCUT2D eigenvalue weighted by Gasteiger charge is -2.16. The summed E-state index contributed by atoms with van der Waals surface area (Å²) in [5.74, 6) is 0.658. The van der Waals surface area contributed by atoms with Gasteiger partial charge in [0.05, 0.1) is 43.4 Å². The molecule has 1 N–H and O–H groups in total. The third-order valence-corrected chi connectivity index (χ3v) is 4.58. The molecule has 0 aliphatic heterocycles. The molecule has 3 rings (SSSR count). The van der Waals surface area contributed by atoms with E-state index in [1.807, 2.05) is 19.1 Å². The van der Waals surface area contributed by atoms with Crippen molar-refractivity contribution >= 4 is 5.91 Å². The van der Waals surface area contributed by atoms with Crippen molar-refractivity contribution < 1.29 is 18.7 Å². The first-order chi connectivity index (χ1) is 13.4. The van der Waals surface area contributed by atoms with Crippen LogP contribution in [0.25, 0.3) is 5.69 Å². The van der Waals surface area contributed by atoms with Crippen molar-refractivity contribution in [2.75, 3.05) is 14.2 Å². The molecule has 0 aliphatic rings. The molecule has 6 nitrogen and oxygen atoms in total. The Labute approximate surface area is 162 Å². The van der Waals surface area contributed by atoms with E-state index in [9.17, 15) is 9.18 Å². The highest BCUT2D eigenvalue weighted by Gasteiger charge is 2.18. The number of methoxy groups -OCH3 is 2. The highest BCUT2D eigenvalue weighted by atomic mass is 19.1. The van der Waals surface area contributed by atoms with Gasteiger partial charge in [0.1, 0.15) is 5.82 Å². The molecule has 1 aromatic heterocycles. The fourth-order valence-corrected chi connectivity index (χ4v) is 2.96. The van der Waals surface area contributed by atoms with Crippen LogP contribution in [0.3, 0.4) is 0 Å². The second kappa shape index (κ2) is 8.12. The maximum Gasteiger partial charge on any atom is 0.255 e. The van der Waals surface area contributed by atoms with Crippen LogP contribution in [0.2, 0.25) is 0 Å². The largest absolute Gasteiger partial charge is 0.493 e. The number of benzene rings is 2. The van der Waals surface area contributed by atoms with Gasteiger partial charge in [-0.25, -0.2) is 9.07 Å². The lowest BCUT2D eigenvalue weighted by molar-refractivity contribution is 0.0939. The van der Waals surface area contributed by atoms with Crippen molar-refractivity contribution in [2.24, 2.45) is 0 Å². The van der Waals surface area contributed by atoms with E-state index in [1.165, 1.54) is 18.3 Å². The number of carbonyl (C=O) groups excluding carboxylic acids is 1. The number of rotatable bonds is 6. The van der Waals surface area contributed by atoms with Gasteiger partial charge in [0.25, 0.3) is 5.91 Å². The molecule has 0 aliphatic carbocycles. The second-order valence-corrected chi connectivity index (χ2v) is 6.34. The third kappa shape index (κ3) is 3.83. The molecule has 0 saturated carbocycles. The van der Waals surface area contributed by atoms with Crippen LogP contribution < -0.4 is 14.8 Å². The zero-order valence-electron chi connectivity index (χ0n) is 16.2. The van der Waals surface area contributed by atoms with Crippen LogP contribution in [0.15, 0.2) is 48.7 Å². The maximum atomic E-state index is 13.1. The van der Waals surface area contributed by atoms with E-state index < -0.39 is 0 Å². The number of ether oxygens (including phenoxy) is 2. The highest BCUT2D eigenvalue weighted by Crippen LogP contribution is 2.30. The van der Waals surface area contributed by atoms with Crippen molar-refractivity contribution in [3.63, 3.8) is 0 Å². The molecule has 1 unspecified atom stereocenters. The average Bonchev–Trinajstić information content (AvgIpc) is 3.09. The molecular formula is C21H22FN3O3. The minimum atomic E-state index is -0.324. The zero-order chi connectivity index (χ0) is 20.3. The van der Waals surface area contributed by atoms with Crippen LogP contribution in [0.1, 0.15) is 34.6 Å². The number of nitrogens with zero attached hydrogens (tertiary/aromatic N) is 2. The van der Waals surface area contributed by atoms with Crippen LogP contribution in [0.5, 0.6) is 11.5 Å². The van der Waals surface area contributed by atoms with E-state index in [-0.39, 0.29) is 17.8 Å². The first-order valence-electron chi connectivity index (χ1n) is 8.78. The molecule has 0 bridgehead atoms. The molecule has 3 aromatic rings. The van der Waals surface area contributed by atoms with Crippen LogP contribution >= 0.6 is 0 Å². The van der Waals surface area contributed by atoms with Crippen molar-refractivity contribution in [1.29, 1.82) is 0 Å². The summed E-state index contributed by atoms with van der Waals surface area (Å²) in [7, 11) is 3.14. The van der Waals surface area contributed by atoms with E-state index in [0.717, 1.165) is 5.56 Å². The number of aromatic nitrogens is 2. The Bertz CT molecular complexity index is 983. The van der Waals surface area contributed by atoms with Gasteiger partial charge in [0, 0.05) is 0 Å². The predicted octanol–water partition coefficient (Wildman–Crippen LogP) is 3.83. The number of nitrogens with one attached hydrogen (secondary N) is 1. The minimum absolute atomic E-state index is 0.242. The van der Waals surface area contributed by atoms with Gasteiger partial charge < -0.3 is 14.8 Å². The second-order valence-electron chi connectivity index (χ2n) is 6.34. The number of carbonyl (C=O) groups is 1. The summed E-state index contributed by atoms with van der Waals surface area (Å²) in [5, 5.41) is 7.23. The molecular weight excluding hydrogens is 361 g/mol. The summed E-state index contributed by atoms with van der Waals surface area (Å²) in [6.45, 7) is 3.69. The Morgan fingerprint density at radius 1 is 1.11 bits per heavy atom. The number of halogens is 1. The number of amides is 1. The molecule has 0 saturated heterocycles. The minimum Gasteiger partial charge on any atom is -0.493 e. The van der Waals surface area contributed by atoms with E-state index >= 15 is 0 Å². The van der Waals surface area contributed by atoms with Gasteiger partial charge in [-0.3, -0.25) is 4.79 Å². The summed E-state index contributed by atoms with van der Waals surface area (Å²) < 4.78 is 25.3. The third-order valence-electron chi connectivity index (χ3n) is 4.58. The monoisotopic (exact) mass is 383 g/mol. The van der Waals surface area contributed by atoms with Crippen LogP contribution in [0.4, 0.5) is 4.39 Å². The topological polar surface area (TPSA) is 65.4 Å². The summed E-state index contributed by atoms with van der Waals surface area (Å²) >= 11 is 0. The number of hydrogen-bond acceptors (Lipinski definition) is 4. The first kappa shape index (κ1) is 19.4. The molecule has 28 heavy (non-hydrogen) atoms. The summed E-state index contributed by atoms with van der Waals surface area (Å²) in [5.41, 5.74) is 2.70. The van der Waals surface area contributed by atoms with Crippen molar-refractivity contribution in [1.82, 2.24) is 15.1 Å². The van der Waals surface area contributed by atoms with Gasteiger partial charge in [-0.1, -0.05) is 6.07 Å². The predicted molar refractivity (Wildman–Crippen MR) is 104 cm³/mol. The Kier molecular flexibility index (Phi) is 5.63. The molecule has 2 aromatic carbocycles. The van der Waals surface area contributed by atoms with Gasteiger partial charge in [-0.15, -0.1) is 0 Å². The lowest BCUT2D eigenvalue weighted by Crippen LogP contribution is -2.27. The molecule has 0 fully saturated rings. The quantitative estimate of drug-likeness (QED) is 0.703. The Balaban J connectivity index is 1.79. The van der Waals surface area contributed by atoms with Gasteiger partial charge in [0.2, 0.25) is 0 Å². The zero-order valence-corrected chi connectivity index (χ0v) is 16.2. The van der Waals surface area contributed by atoms with E-state index in [1.54, 1.807) is 44.0 Å². The molecule has 146 valence electrons. The van der Waals surface area contributed by atoms with Crippen molar-refractivity contribution in [3.8, 4) is 17.2 Å². The van der Waals surface area contributed by atoms with Crippen LogP contribution in [0, 0.1) is 12.7 Å². The molecule has 1 heterocycles. The standard InChI is InChI=1S/C21H22FN3O3/c1-13(15-5-10-19(27-3)20(11-15)28-4)24-21(26)18-12-23-25(14(18)2)17-8-6-16(22)7-9-17/h5-13H,1-4H3,(H,24,26). The molecule has 7 heteroatoms. The lowest BCUT2D eigenvalue weighted by atomic mass is 10.1. The summed E-state index contributed by atoms with van der Waals surface area (Å²) in [6.07, 6.45) is 1.51. The number of hydrogen-bond donors (Lipinski definition) is 1. The molecule has 0 spiro atoms. The smallest absolute Gasteiger partial charge is 0.255 e. The van der Waals surface area contributed by atoms with Crippen molar-refractivity contribution in [3.05, 3.63) is 71.3 Å². The fraction of sp³-hybridized carbons (Fsp3) is 0.238. The first-order valence-corrected chi connectivity index (χ1v) is 8.78. The molecule has 1 amide bonds. The van der Waals surface area contributed by atoms with Crippen molar-refractivity contribution in [2.45, 2.75) is 19.9 Å². The van der Waals surface area contributed by atoms with E-state index in [2.05, 4.69) is 10.4 Å². The Hall–Kier alpha value is -3.35. The SMILES string of the molecule is COc1ccc(C(C)NC(=O)c2cnn(-c3ccc(F)cc3)c2C)cc1OC. The van der Waals surface area contributed by atoms with Gasteiger partial charge in [0.15, 0.2) is 11.5 Å². The molecule has 1 atom stereocenters. The van der Waals surface area contributed by atoms with E-state index in [4.69, 9.17) is 9.47 Å². The molecule has 0 radical (unpaired) electrons. The van der Waals surface area contributed by atoms with E-state index in [0.29, 0.717) is 28.4 Å². The average molecular weight is 383 g/mol. The van der Waals surface area contributed by atoms with Crippen LogP contribution in [-0.2, 0) is 0 Å². The van der Waals surface area contributed by atoms with Crippen LogP contribution in [-0.4, -0.2) is 29.9 Å². The van der Waals surface area contributed by atoms with Gasteiger partial charge >= 0.3 is 0 Å². The Morgan fingerprint density at radius 3 is 2.43 bits per heavy atom. The summed E-state index contributed by atoms with van der Waals surface area (Å²) in [6, 6.07) is 11.2.